The average molecular weight is 318 g/mol. The van der Waals surface area contributed by atoms with E-state index in [1.807, 2.05) is 12.1 Å². The third-order valence-corrected chi connectivity index (χ3v) is 4.10. The van der Waals surface area contributed by atoms with Gasteiger partial charge < -0.3 is 10.2 Å². The molecule has 0 aromatic heterocycles. The van der Waals surface area contributed by atoms with Crippen molar-refractivity contribution in [3.05, 3.63) is 35.4 Å². The van der Waals surface area contributed by atoms with Crippen molar-refractivity contribution < 1.29 is 4.79 Å². The number of carbonyl (C=O) groups is 1. The zero-order valence-electron chi connectivity index (χ0n) is 13.1. The molecule has 1 aromatic carbocycles. The Morgan fingerprint density at radius 2 is 2.32 bits per heavy atom. The Morgan fingerprint density at radius 1 is 1.45 bits per heavy atom. The van der Waals surface area contributed by atoms with Gasteiger partial charge in [0.25, 0.3) is 0 Å². The lowest BCUT2D eigenvalue weighted by atomic mass is 10.1. The first kappa shape index (κ1) is 16.7. The molecular weight excluding hydrogens is 296 g/mol. The third-order valence-electron chi connectivity index (χ3n) is 3.24. The fourth-order valence-corrected chi connectivity index (χ4v) is 2.75. The van der Waals surface area contributed by atoms with Crippen LogP contribution in [0.25, 0.3) is 0 Å². The van der Waals surface area contributed by atoms with Gasteiger partial charge >= 0.3 is 0 Å². The quantitative estimate of drug-likeness (QED) is 0.621. The van der Waals surface area contributed by atoms with Crippen molar-refractivity contribution in [1.82, 2.24) is 10.2 Å². The van der Waals surface area contributed by atoms with Crippen LogP contribution in [0.2, 0.25) is 0 Å². The lowest BCUT2D eigenvalue weighted by Crippen LogP contribution is -2.19. The molecule has 0 bridgehead atoms. The molecule has 0 unspecified atom stereocenters. The minimum Gasteiger partial charge on any atom is -0.303 e. The molecule has 1 aliphatic rings. The summed E-state index contributed by atoms with van der Waals surface area (Å²) in [6.45, 7) is 4.25. The monoisotopic (exact) mass is 318 g/mol. The van der Waals surface area contributed by atoms with Gasteiger partial charge in [-0.25, -0.2) is 0 Å². The highest BCUT2D eigenvalue weighted by Gasteiger charge is 2.15. The van der Waals surface area contributed by atoms with Crippen LogP contribution in [-0.2, 0) is 11.3 Å². The maximum Gasteiger partial charge on any atom is 0.236 e. The van der Waals surface area contributed by atoms with Gasteiger partial charge in [0.15, 0.2) is 5.17 Å². The number of hydrogen-bond acceptors (Lipinski definition) is 5. The lowest BCUT2D eigenvalue weighted by Gasteiger charge is -2.16. The number of nitrogens with zero attached hydrogens (tertiary/aromatic N) is 3. The maximum atomic E-state index is 11.0. The highest BCUT2D eigenvalue weighted by atomic mass is 32.2. The summed E-state index contributed by atoms with van der Waals surface area (Å²) in [6, 6.07) is 8.27. The number of thioether (sulfide) groups is 1. The average Bonchev–Trinajstić information content (AvgIpc) is 2.91. The highest BCUT2D eigenvalue weighted by molar-refractivity contribution is 8.15. The topological polar surface area (TPSA) is 57.1 Å². The van der Waals surface area contributed by atoms with Gasteiger partial charge in [-0.15, -0.1) is 5.10 Å². The smallest absolute Gasteiger partial charge is 0.236 e. The summed E-state index contributed by atoms with van der Waals surface area (Å²) < 4.78 is 0. The van der Waals surface area contributed by atoms with Crippen LogP contribution < -0.4 is 5.32 Å². The molecular formula is C16H22N4OS. The maximum absolute atomic E-state index is 11.0. The Hall–Kier alpha value is -1.66. The standard InChI is InChI=1S/C16H22N4OS/c1-3-4-8-20(2)11-14-7-5-6-13(9-14)10-17-19-16-18-15(21)12-22-16/h5-7,9-10H,3-4,8,11-12H2,1-2H3,(H,18,19,21). The van der Waals surface area contributed by atoms with E-state index in [9.17, 15) is 4.79 Å². The second kappa shape index (κ2) is 8.70. The molecule has 0 saturated carbocycles. The van der Waals surface area contributed by atoms with Gasteiger partial charge in [0, 0.05) is 6.54 Å². The van der Waals surface area contributed by atoms with Crippen molar-refractivity contribution in [2.75, 3.05) is 19.3 Å². The molecule has 2 rings (SSSR count). The van der Waals surface area contributed by atoms with Crippen molar-refractivity contribution in [2.45, 2.75) is 26.3 Å². The van der Waals surface area contributed by atoms with E-state index in [-0.39, 0.29) is 5.91 Å². The molecule has 1 fully saturated rings. The van der Waals surface area contributed by atoms with Gasteiger partial charge in [-0.3, -0.25) is 4.79 Å². The molecule has 118 valence electrons. The van der Waals surface area contributed by atoms with Crippen LogP contribution in [0.4, 0.5) is 0 Å². The van der Waals surface area contributed by atoms with Crippen LogP contribution >= 0.6 is 11.8 Å². The first-order valence-electron chi connectivity index (χ1n) is 7.48. The number of carbonyl (C=O) groups excluding carboxylic acids is 1. The van der Waals surface area contributed by atoms with E-state index in [1.165, 1.54) is 30.2 Å². The van der Waals surface area contributed by atoms with Crippen molar-refractivity contribution >= 4 is 29.1 Å². The minimum atomic E-state index is -0.0175. The first-order valence-corrected chi connectivity index (χ1v) is 8.47. The Bertz CT molecular complexity index is 571. The normalized spacial score (nSPS) is 16.9. The van der Waals surface area contributed by atoms with Gasteiger partial charge in [-0.1, -0.05) is 43.3 Å². The number of benzene rings is 1. The molecule has 0 atom stereocenters. The number of rotatable bonds is 7. The second-order valence-corrected chi connectivity index (χ2v) is 6.29. The predicted molar refractivity (Wildman–Crippen MR) is 93.3 cm³/mol. The summed E-state index contributed by atoms with van der Waals surface area (Å²) in [4.78, 5) is 13.4. The Morgan fingerprint density at radius 3 is 3.05 bits per heavy atom. The largest absolute Gasteiger partial charge is 0.303 e. The van der Waals surface area contributed by atoms with E-state index in [0.717, 1.165) is 18.7 Å². The van der Waals surface area contributed by atoms with E-state index < -0.39 is 0 Å². The molecule has 0 radical (unpaired) electrons. The van der Waals surface area contributed by atoms with E-state index in [0.29, 0.717) is 10.9 Å². The van der Waals surface area contributed by atoms with Gasteiger partial charge in [-0.2, -0.15) is 5.10 Å². The Labute approximate surface area is 135 Å². The van der Waals surface area contributed by atoms with Crippen LogP contribution in [0.5, 0.6) is 0 Å². The van der Waals surface area contributed by atoms with Crippen molar-refractivity contribution in [3.63, 3.8) is 0 Å². The molecule has 6 heteroatoms. The summed E-state index contributed by atoms with van der Waals surface area (Å²) in [7, 11) is 2.14. The fraction of sp³-hybridized carbons (Fsp3) is 0.438. The molecule has 0 aliphatic carbocycles. The van der Waals surface area contributed by atoms with Gasteiger partial charge in [0.1, 0.15) is 0 Å². The van der Waals surface area contributed by atoms with E-state index >= 15 is 0 Å². The SMILES string of the molecule is CCCCN(C)Cc1cccc(C=NN=C2NC(=O)CS2)c1. The summed E-state index contributed by atoms with van der Waals surface area (Å²) in [5.41, 5.74) is 2.28. The molecule has 1 heterocycles. The van der Waals surface area contributed by atoms with Crippen LogP contribution in [0.1, 0.15) is 30.9 Å². The number of amidine groups is 1. The number of nitrogens with one attached hydrogen (secondary N) is 1. The minimum absolute atomic E-state index is 0.0175. The van der Waals surface area contributed by atoms with Crippen LogP contribution in [0.3, 0.4) is 0 Å². The Balaban J connectivity index is 1.92. The van der Waals surface area contributed by atoms with Crippen LogP contribution in [0.15, 0.2) is 34.5 Å². The summed E-state index contributed by atoms with van der Waals surface area (Å²) in [5.74, 6) is 0.407. The lowest BCUT2D eigenvalue weighted by molar-refractivity contribution is -0.116. The van der Waals surface area contributed by atoms with E-state index in [4.69, 9.17) is 0 Å². The van der Waals surface area contributed by atoms with E-state index in [2.05, 4.69) is 46.5 Å². The number of unbranched alkanes of at least 4 members (excludes halogenated alkanes) is 1. The van der Waals surface area contributed by atoms with Gasteiger partial charge in [0.2, 0.25) is 5.91 Å². The molecule has 1 aromatic rings. The highest BCUT2D eigenvalue weighted by Crippen LogP contribution is 2.09. The van der Waals surface area contributed by atoms with Crippen molar-refractivity contribution in [2.24, 2.45) is 10.2 Å². The van der Waals surface area contributed by atoms with Crippen LogP contribution in [-0.4, -0.2) is 41.5 Å². The number of amides is 1. The number of hydrogen-bond donors (Lipinski definition) is 1. The predicted octanol–water partition coefficient (Wildman–Crippen LogP) is 2.47. The van der Waals surface area contributed by atoms with Crippen molar-refractivity contribution in [3.8, 4) is 0 Å². The van der Waals surface area contributed by atoms with Gasteiger partial charge in [0.05, 0.1) is 12.0 Å². The van der Waals surface area contributed by atoms with E-state index in [1.54, 1.807) is 6.21 Å². The second-order valence-electron chi connectivity index (χ2n) is 5.32. The molecule has 1 aliphatic heterocycles. The molecule has 22 heavy (non-hydrogen) atoms. The third kappa shape index (κ3) is 5.61. The Kier molecular flexibility index (Phi) is 6.61. The molecule has 1 amide bonds. The zero-order chi connectivity index (χ0) is 15.8. The van der Waals surface area contributed by atoms with Crippen LogP contribution in [0, 0.1) is 0 Å². The molecule has 0 spiro atoms. The summed E-state index contributed by atoms with van der Waals surface area (Å²) >= 11 is 1.37. The summed E-state index contributed by atoms with van der Waals surface area (Å²) in [5, 5.41) is 11.3. The molecule has 1 N–H and O–H groups in total. The molecule has 1 saturated heterocycles. The fourth-order valence-electron chi connectivity index (χ4n) is 2.12. The van der Waals surface area contributed by atoms with Gasteiger partial charge in [-0.05, 0) is 37.2 Å². The zero-order valence-corrected chi connectivity index (χ0v) is 13.9. The molecule has 5 nitrogen and oxygen atoms in total. The van der Waals surface area contributed by atoms with Crippen molar-refractivity contribution in [1.29, 1.82) is 0 Å². The first-order chi connectivity index (χ1) is 10.7. The summed E-state index contributed by atoms with van der Waals surface area (Å²) in [6.07, 6.45) is 4.15.